The van der Waals surface area contributed by atoms with Crippen molar-refractivity contribution in [3.63, 3.8) is 0 Å². The van der Waals surface area contributed by atoms with Crippen LogP contribution >= 0.6 is 59.6 Å². The van der Waals surface area contributed by atoms with Crippen LogP contribution in [0.25, 0.3) is 0 Å². The van der Waals surface area contributed by atoms with Crippen molar-refractivity contribution >= 4 is 59.6 Å². The van der Waals surface area contributed by atoms with Crippen LogP contribution in [0.15, 0.2) is 12.1 Å². The van der Waals surface area contributed by atoms with Gasteiger partial charge in [-0.1, -0.05) is 34.8 Å². The van der Waals surface area contributed by atoms with Crippen molar-refractivity contribution in [2.45, 2.75) is 12.5 Å². The van der Waals surface area contributed by atoms with Gasteiger partial charge >= 0.3 is 0 Å². The topological polar surface area (TPSA) is 39.1 Å². The molecule has 0 aliphatic carbocycles. The van der Waals surface area contributed by atoms with Crippen molar-refractivity contribution in [2.75, 3.05) is 26.2 Å². The lowest BCUT2D eigenvalue weighted by Crippen LogP contribution is -2.45. The van der Waals surface area contributed by atoms with Crippen LogP contribution in [0, 0.1) is 11.3 Å². The van der Waals surface area contributed by atoms with E-state index >= 15 is 0 Å². The summed E-state index contributed by atoms with van der Waals surface area (Å²) in [4.78, 5) is 2.23. The first kappa shape index (κ1) is 21.1. The van der Waals surface area contributed by atoms with Gasteiger partial charge in [-0.05, 0) is 12.1 Å². The highest BCUT2D eigenvalue weighted by atomic mass is 35.5. The molecule has 1 fully saturated rings. The van der Waals surface area contributed by atoms with Crippen LogP contribution in [0.2, 0.25) is 15.1 Å². The molecule has 3 nitrogen and oxygen atoms in total. The Kier molecular flexibility index (Phi) is 10.0. The molecule has 118 valence electrons. The number of nitriles is 1. The van der Waals surface area contributed by atoms with Gasteiger partial charge in [0.1, 0.15) is 0 Å². The van der Waals surface area contributed by atoms with Crippen molar-refractivity contribution < 1.29 is 0 Å². The van der Waals surface area contributed by atoms with Crippen LogP contribution in [0.1, 0.15) is 18.0 Å². The average molecular weight is 392 g/mol. The standard InChI is InChI=1S/C13H14Cl3N3.2ClH/c14-9-1-2-10(15)13(16)12(9)11(3-4-17)19-7-5-18-6-8-19;;/h1-2,11,18H,3,5-8H2;2*1H/t11-;;/m1../s1. The zero-order chi connectivity index (χ0) is 13.8. The largest absolute Gasteiger partial charge is 0.314 e. The van der Waals surface area contributed by atoms with E-state index in [-0.39, 0.29) is 30.9 Å². The quantitative estimate of drug-likeness (QED) is 0.779. The lowest BCUT2D eigenvalue weighted by molar-refractivity contribution is 0.176. The minimum atomic E-state index is -0.106. The van der Waals surface area contributed by atoms with E-state index in [1.54, 1.807) is 12.1 Å². The maximum atomic E-state index is 9.07. The summed E-state index contributed by atoms with van der Waals surface area (Å²) in [5.74, 6) is 0. The van der Waals surface area contributed by atoms with Crippen molar-refractivity contribution in [1.82, 2.24) is 10.2 Å². The lowest BCUT2D eigenvalue weighted by Gasteiger charge is -2.35. The molecule has 1 N–H and O–H groups in total. The molecule has 0 saturated carbocycles. The summed E-state index contributed by atoms with van der Waals surface area (Å²) >= 11 is 18.6. The first-order valence-electron chi connectivity index (χ1n) is 6.10. The summed E-state index contributed by atoms with van der Waals surface area (Å²) in [7, 11) is 0. The van der Waals surface area contributed by atoms with Crippen LogP contribution in [0.5, 0.6) is 0 Å². The monoisotopic (exact) mass is 389 g/mol. The zero-order valence-corrected chi connectivity index (χ0v) is 15.0. The molecule has 1 aliphatic rings. The highest BCUT2D eigenvalue weighted by molar-refractivity contribution is 6.44. The van der Waals surface area contributed by atoms with E-state index in [9.17, 15) is 0 Å². The molecule has 2 rings (SSSR count). The molecular formula is C13H16Cl5N3. The Labute approximate surface area is 152 Å². The van der Waals surface area contributed by atoms with Gasteiger partial charge in [-0.15, -0.1) is 24.8 Å². The number of benzene rings is 1. The van der Waals surface area contributed by atoms with E-state index in [1.807, 2.05) is 0 Å². The minimum absolute atomic E-state index is 0. The fourth-order valence-electron chi connectivity index (χ4n) is 2.34. The van der Waals surface area contributed by atoms with E-state index < -0.39 is 0 Å². The maximum Gasteiger partial charge on any atom is 0.0655 e. The molecule has 0 spiro atoms. The van der Waals surface area contributed by atoms with Gasteiger partial charge in [-0.2, -0.15) is 5.26 Å². The Hall–Kier alpha value is 0.0800. The molecule has 1 aromatic carbocycles. The van der Waals surface area contributed by atoms with Crippen molar-refractivity contribution in [3.8, 4) is 6.07 Å². The van der Waals surface area contributed by atoms with E-state index in [1.165, 1.54) is 0 Å². The molecule has 0 amide bonds. The Bertz CT molecular complexity index is 497. The number of hydrogen-bond acceptors (Lipinski definition) is 3. The summed E-state index contributed by atoms with van der Waals surface area (Å²) in [6.45, 7) is 3.53. The normalized spacial score (nSPS) is 16.3. The summed E-state index contributed by atoms with van der Waals surface area (Å²) in [5, 5.41) is 13.8. The number of nitrogens with one attached hydrogen (secondary N) is 1. The molecule has 0 aromatic heterocycles. The van der Waals surface area contributed by atoms with Gasteiger partial charge in [-0.3, -0.25) is 4.90 Å². The molecule has 1 heterocycles. The van der Waals surface area contributed by atoms with Crippen molar-refractivity contribution in [2.24, 2.45) is 0 Å². The third-order valence-electron chi connectivity index (χ3n) is 3.29. The Balaban J connectivity index is 0.00000200. The molecule has 8 heteroatoms. The second-order valence-electron chi connectivity index (χ2n) is 4.42. The predicted octanol–water partition coefficient (Wildman–Crippen LogP) is 4.35. The SMILES string of the molecule is Cl.Cl.N#CC[C@H](c1c(Cl)ccc(Cl)c1Cl)N1CCNCC1. The Morgan fingerprint density at radius 2 is 1.71 bits per heavy atom. The molecule has 1 atom stereocenters. The molecule has 21 heavy (non-hydrogen) atoms. The third-order valence-corrected chi connectivity index (χ3v) is 4.44. The summed E-state index contributed by atoms with van der Waals surface area (Å²) in [6, 6.07) is 5.52. The molecule has 0 bridgehead atoms. The van der Waals surface area contributed by atoms with E-state index in [2.05, 4.69) is 16.3 Å². The number of hydrogen-bond donors (Lipinski definition) is 1. The number of rotatable bonds is 3. The summed E-state index contributed by atoms with van der Waals surface area (Å²) in [6.07, 6.45) is 0.347. The number of halogens is 5. The summed E-state index contributed by atoms with van der Waals surface area (Å²) in [5.41, 5.74) is 0.763. The predicted molar refractivity (Wildman–Crippen MR) is 93.4 cm³/mol. The minimum Gasteiger partial charge on any atom is -0.314 e. The van der Waals surface area contributed by atoms with Gasteiger partial charge < -0.3 is 5.32 Å². The molecule has 0 radical (unpaired) electrons. The first-order chi connectivity index (χ1) is 9.15. The highest BCUT2D eigenvalue weighted by Crippen LogP contribution is 2.39. The van der Waals surface area contributed by atoms with Crippen LogP contribution in [0.3, 0.4) is 0 Å². The van der Waals surface area contributed by atoms with Crippen molar-refractivity contribution in [3.05, 3.63) is 32.8 Å². The molecule has 1 aromatic rings. The molecule has 1 aliphatic heterocycles. The van der Waals surface area contributed by atoms with Crippen LogP contribution in [-0.4, -0.2) is 31.1 Å². The average Bonchev–Trinajstić information content (AvgIpc) is 2.43. The number of nitrogens with zero attached hydrogens (tertiary/aromatic N) is 2. The molecular weight excluding hydrogens is 375 g/mol. The van der Waals surface area contributed by atoms with Crippen LogP contribution in [0.4, 0.5) is 0 Å². The van der Waals surface area contributed by atoms with Crippen LogP contribution < -0.4 is 5.32 Å². The zero-order valence-electron chi connectivity index (χ0n) is 11.1. The lowest BCUT2D eigenvalue weighted by atomic mass is 10.0. The van der Waals surface area contributed by atoms with Gasteiger partial charge in [0.2, 0.25) is 0 Å². The smallest absolute Gasteiger partial charge is 0.0655 e. The van der Waals surface area contributed by atoms with E-state index in [0.717, 1.165) is 31.7 Å². The first-order valence-corrected chi connectivity index (χ1v) is 7.23. The van der Waals surface area contributed by atoms with Crippen molar-refractivity contribution in [1.29, 1.82) is 5.26 Å². The highest BCUT2D eigenvalue weighted by Gasteiger charge is 2.26. The van der Waals surface area contributed by atoms with E-state index in [0.29, 0.717) is 21.5 Å². The van der Waals surface area contributed by atoms with E-state index in [4.69, 9.17) is 40.1 Å². The fourth-order valence-corrected chi connectivity index (χ4v) is 3.13. The second kappa shape index (κ2) is 9.97. The van der Waals surface area contributed by atoms with Gasteiger partial charge in [0.15, 0.2) is 0 Å². The fraction of sp³-hybridized carbons (Fsp3) is 0.462. The number of piperazine rings is 1. The second-order valence-corrected chi connectivity index (χ2v) is 5.61. The Morgan fingerprint density at radius 3 is 2.29 bits per heavy atom. The van der Waals surface area contributed by atoms with Gasteiger partial charge in [0.25, 0.3) is 0 Å². The third kappa shape index (κ3) is 5.04. The van der Waals surface area contributed by atoms with Gasteiger partial charge in [0.05, 0.1) is 28.6 Å². The maximum absolute atomic E-state index is 9.07. The Morgan fingerprint density at radius 1 is 1.14 bits per heavy atom. The van der Waals surface area contributed by atoms with Crippen LogP contribution in [-0.2, 0) is 0 Å². The summed E-state index contributed by atoms with van der Waals surface area (Å²) < 4.78 is 0. The molecule has 1 saturated heterocycles. The van der Waals surface area contributed by atoms with Gasteiger partial charge in [0, 0.05) is 36.8 Å². The van der Waals surface area contributed by atoms with Gasteiger partial charge in [-0.25, -0.2) is 0 Å². The molecule has 0 unspecified atom stereocenters.